The van der Waals surface area contributed by atoms with Crippen molar-refractivity contribution in [1.29, 1.82) is 0 Å². The molecular weight excluding hydrogens is 380 g/mol. The van der Waals surface area contributed by atoms with E-state index in [1.54, 1.807) is 0 Å². The van der Waals surface area contributed by atoms with Crippen molar-refractivity contribution in [3.63, 3.8) is 0 Å². The maximum Gasteiger partial charge on any atom is 0.288 e. The molecule has 2 saturated heterocycles. The van der Waals surface area contributed by atoms with Gasteiger partial charge in [0.2, 0.25) is 6.29 Å². The number of hydrogen-bond donors (Lipinski definition) is 1. The molecule has 0 spiro atoms. The molecule has 0 bridgehead atoms. The molecule has 3 heterocycles. The predicted octanol–water partition coefficient (Wildman–Crippen LogP) is 3.55. The van der Waals surface area contributed by atoms with Crippen LogP contribution in [-0.4, -0.2) is 72.5 Å². The second kappa shape index (κ2) is 11.0. The van der Waals surface area contributed by atoms with Gasteiger partial charge < -0.3 is 24.4 Å². The van der Waals surface area contributed by atoms with Gasteiger partial charge in [0.1, 0.15) is 0 Å². The molecule has 30 heavy (non-hydrogen) atoms. The van der Waals surface area contributed by atoms with Crippen molar-refractivity contribution < 1.29 is 19.4 Å². The van der Waals surface area contributed by atoms with Gasteiger partial charge in [-0.05, 0) is 69.0 Å². The van der Waals surface area contributed by atoms with E-state index in [1.165, 1.54) is 32.4 Å². The maximum absolute atomic E-state index is 13.3. The van der Waals surface area contributed by atoms with Crippen molar-refractivity contribution in [1.82, 2.24) is 9.80 Å². The number of amides is 1. The third-order valence-electron chi connectivity index (χ3n) is 6.90. The smallest absolute Gasteiger partial charge is 0.288 e. The summed E-state index contributed by atoms with van der Waals surface area (Å²) >= 11 is 0. The number of aliphatic hydroxyl groups is 1. The molecule has 3 aliphatic heterocycles. The summed E-state index contributed by atoms with van der Waals surface area (Å²) in [5, 5.41) is 8.96. The lowest BCUT2D eigenvalue weighted by Crippen LogP contribution is -2.49. The average molecular weight is 423 g/mol. The Morgan fingerprint density at radius 2 is 1.83 bits per heavy atom. The summed E-state index contributed by atoms with van der Waals surface area (Å²) in [6.07, 6.45) is 10.0. The SMILES string of the molecule is CC(C)(C)[C@H]1C=C(C(=O)N2CCC(N3CCCCC3)CC2)O[C@@H](OCCCCO)C1. The minimum atomic E-state index is -0.386. The third-order valence-corrected chi connectivity index (χ3v) is 6.90. The predicted molar refractivity (Wildman–Crippen MR) is 118 cm³/mol. The zero-order valence-corrected chi connectivity index (χ0v) is 19.3. The highest BCUT2D eigenvalue weighted by Gasteiger charge is 2.36. The molecule has 0 aliphatic carbocycles. The van der Waals surface area contributed by atoms with Crippen molar-refractivity contribution in [2.75, 3.05) is 39.4 Å². The molecule has 6 nitrogen and oxygen atoms in total. The van der Waals surface area contributed by atoms with Crippen LogP contribution in [0.1, 0.15) is 72.1 Å². The monoisotopic (exact) mass is 422 g/mol. The maximum atomic E-state index is 13.3. The van der Waals surface area contributed by atoms with Gasteiger partial charge in [0, 0.05) is 32.2 Å². The van der Waals surface area contributed by atoms with Crippen LogP contribution in [0.4, 0.5) is 0 Å². The standard InChI is InChI=1S/C24H42N2O4/c1-24(2,3)19-17-21(30-22(18-19)29-16-8-7-15-27)23(28)26-13-9-20(10-14-26)25-11-5-4-6-12-25/h17,19-20,22,27H,4-16,18H2,1-3H3/t19-,22+/m0/s1. The van der Waals surface area contributed by atoms with Crippen molar-refractivity contribution in [3.8, 4) is 0 Å². The molecule has 172 valence electrons. The van der Waals surface area contributed by atoms with Crippen LogP contribution in [0.5, 0.6) is 0 Å². The van der Waals surface area contributed by atoms with E-state index < -0.39 is 0 Å². The van der Waals surface area contributed by atoms with E-state index in [2.05, 4.69) is 25.7 Å². The molecule has 0 aromatic rings. The van der Waals surface area contributed by atoms with Crippen molar-refractivity contribution in [3.05, 3.63) is 11.8 Å². The number of nitrogens with zero attached hydrogens (tertiary/aromatic N) is 2. The number of unbranched alkanes of at least 4 members (excludes halogenated alkanes) is 1. The Hall–Kier alpha value is -1.11. The van der Waals surface area contributed by atoms with E-state index in [0.717, 1.165) is 45.2 Å². The van der Waals surface area contributed by atoms with Gasteiger partial charge in [-0.3, -0.25) is 4.79 Å². The number of likely N-dealkylation sites (tertiary alicyclic amines) is 2. The zero-order chi connectivity index (χ0) is 21.6. The van der Waals surface area contributed by atoms with Gasteiger partial charge in [-0.25, -0.2) is 0 Å². The molecule has 2 fully saturated rings. The summed E-state index contributed by atoms with van der Waals surface area (Å²) in [6.45, 7) is 11.4. The highest BCUT2D eigenvalue weighted by molar-refractivity contribution is 5.91. The molecule has 3 rings (SSSR count). The quantitative estimate of drug-likeness (QED) is 0.636. The van der Waals surface area contributed by atoms with Gasteiger partial charge in [-0.1, -0.05) is 27.2 Å². The molecule has 1 N–H and O–H groups in total. The third kappa shape index (κ3) is 6.44. The molecule has 0 aromatic heterocycles. The summed E-state index contributed by atoms with van der Waals surface area (Å²) in [5.74, 6) is 0.716. The van der Waals surface area contributed by atoms with E-state index in [0.29, 0.717) is 18.4 Å². The minimum Gasteiger partial charge on any atom is -0.459 e. The molecule has 6 heteroatoms. The van der Waals surface area contributed by atoms with E-state index in [9.17, 15) is 4.79 Å². The first kappa shape index (κ1) is 23.6. The molecule has 1 amide bonds. The molecular formula is C24H42N2O4. The van der Waals surface area contributed by atoms with Crippen LogP contribution in [0, 0.1) is 11.3 Å². The summed E-state index contributed by atoms with van der Waals surface area (Å²) in [4.78, 5) is 17.9. The van der Waals surface area contributed by atoms with Gasteiger partial charge in [-0.2, -0.15) is 0 Å². The average Bonchev–Trinajstić information content (AvgIpc) is 2.76. The lowest BCUT2D eigenvalue weighted by molar-refractivity contribution is -0.159. The molecule has 0 saturated carbocycles. The van der Waals surface area contributed by atoms with Crippen molar-refractivity contribution >= 4 is 5.91 Å². The Balaban J connectivity index is 1.57. The molecule has 2 atom stereocenters. The number of rotatable bonds is 7. The number of hydrogen-bond acceptors (Lipinski definition) is 5. The Bertz CT molecular complexity index is 572. The number of allylic oxidation sites excluding steroid dienone is 1. The van der Waals surface area contributed by atoms with E-state index in [-0.39, 0.29) is 30.1 Å². The van der Waals surface area contributed by atoms with Gasteiger partial charge in [0.05, 0.1) is 6.61 Å². The molecule has 0 unspecified atom stereocenters. The van der Waals surface area contributed by atoms with Crippen LogP contribution >= 0.6 is 0 Å². The van der Waals surface area contributed by atoms with Crippen LogP contribution in [0.15, 0.2) is 11.8 Å². The minimum absolute atomic E-state index is 0.0185. The van der Waals surface area contributed by atoms with Crippen LogP contribution in [0.25, 0.3) is 0 Å². The van der Waals surface area contributed by atoms with Gasteiger partial charge in [-0.15, -0.1) is 0 Å². The number of aliphatic hydroxyl groups excluding tert-OH is 1. The number of carbonyl (C=O) groups excluding carboxylic acids is 1. The molecule has 3 aliphatic rings. The summed E-state index contributed by atoms with van der Waals surface area (Å²) in [5.41, 5.74) is 0.0449. The second-order valence-electron chi connectivity index (χ2n) is 10.2. The topological polar surface area (TPSA) is 62.2 Å². The van der Waals surface area contributed by atoms with Crippen LogP contribution in [0.2, 0.25) is 0 Å². The van der Waals surface area contributed by atoms with Crippen molar-refractivity contribution in [2.24, 2.45) is 11.3 Å². The zero-order valence-electron chi connectivity index (χ0n) is 19.3. The van der Waals surface area contributed by atoms with E-state index >= 15 is 0 Å². The van der Waals surface area contributed by atoms with Gasteiger partial charge in [0.25, 0.3) is 5.91 Å². The lowest BCUT2D eigenvalue weighted by atomic mass is 9.77. The Kier molecular flexibility index (Phi) is 8.61. The number of carbonyl (C=O) groups is 1. The first-order valence-electron chi connectivity index (χ1n) is 12.0. The fourth-order valence-corrected chi connectivity index (χ4v) is 4.82. The van der Waals surface area contributed by atoms with Crippen LogP contribution in [-0.2, 0) is 14.3 Å². The fourth-order valence-electron chi connectivity index (χ4n) is 4.82. The van der Waals surface area contributed by atoms with Gasteiger partial charge >= 0.3 is 0 Å². The van der Waals surface area contributed by atoms with Crippen LogP contribution in [0.3, 0.4) is 0 Å². The number of ether oxygens (including phenoxy) is 2. The summed E-state index contributed by atoms with van der Waals surface area (Å²) in [7, 11) is 0. The Labute approximate surface area is 182 Å². The summed E-state index contributed by atoms with van der Waals surface area (Å²) < 4.78 is 11.9. The normalized spacial score (nSPS) is 26.9. The van der Waals surface area contributed by atoms with Gasteiger partial charge in [0.15, 0.2) is 5.76 Å². The lowest BCUT2D eigenvalue weighted by Gasteiger charge is -2.41. The van der Waals surface area contributed by atoms with Crippen molar-refractivity contribution in [2.45, 2.75) is 84.5 Å². The highest BCUT2D eigenvalue weighted by atomic mass is 16.7. The largest absolute Gasteiger partial charge is 0.459 e. The number of piperidine rings is 2. The van der Waals surface area contributed by atoms with E-state index in [4.69, 9.17) is 14.6 Å². The Morgan fingerprint density at radius 3 is 2.47 bits per heavy atom. The highest BCUT2D eigenvalue weighted by Crippen LogP contribution is 2.37. The summed E-state index contributed by atoms with van der Waals surface area (Å²) in [6, 6.07) is 0.625. The molecule has 0 radical (unpaired) electrons. The first-order valence-corrected chi connectivity index (χ1v) is 12.0. The second-order valence-corrected chi connectivity index (χ2v) is 10.2. The Morgan fingerprint density at radius 1 is 1.13 bits per heavy atom. The van der Waals surface area contributed by atoms with Crippen LogP contribution < -0.4 is 0 Å². The first-order chi connectivity index (χ1) is 14.4. The fraction of sp³-hybridized carbons (Fsp3) is 0.875. The van der Waals surface area contributed by atoms with E-state index in [1.807, 2.05) is 11.0 Å². The molecule has 0 aromatic carbocycles.